The summed E-state index contributed by atoms with van der Waals surface area (Å²) in [6.07, 6.45) is 5.10. The number of sulfonamides is 1. The fraction of sp³-hybridized carbons (Fsp3) is 0.581. The van der Waals surface area contributed by atoms with Gasteiger partial charge in [0.2, 0.25) is 10.0 Å². The number of ether oxygens (including phenoxy) is 2. The molecule has 222 valence electrons. The van der Waals surface area contributed by atoms with Gasteiger partial charge in [-0.2, -0.15) is 4.31 Å². The summed E-state index contributed by atoms with van der Waals surface area (Å²) in [7, 11) is -4.47. The normalized spacial score (nSPS) is 16.1. The monoisotopic (exact) mass is 589 g/mol. The Labute approximate surface area is 242 Å². The lowest BCUT2D eigenvalue weighted by atomic mass is 9.84. The Morgan fingerprint density at radius 1 is 1.00 bits per heavy atom. The van der Waals surface area contributed by atoms with E-state index in [-0.39, 0.29) is 29.0 Å². The molecule has 0 bridgehead atoms. The number of esters is 1. The maximum atomic E-state index is 14.2. The number of rotatable bonds is 13. The molecule has 1 unspecified atom stereocenters. The highest BCUT2D eigenvalue weighted by atomic mass is 32.2. The van der Waals surface area contributed by atoms with Crippen LogP contribution in [0.25, 0.3) is 0 Å². The molecule has 1 atom stereocenters. The highest BCUT2D eigenvalue weighted by Crippen LogP contribution is 2.37. The van der Waals surface area contributed by atoms with Crippen LogP contribution < -0.4 is 4.74 Å². The number of nitrogens with zero attached hydrogens (tertiary/aromatic N) is 1. The summed E-state index contributed by atoms with van der Waals surface area (Å²) in [5, 5.41) is 0.0493. The number of carbonyl (C=O) groups excluding carboxylic acids is 1. The second-order valence-electron chi connectivity index (χ2n) is 12.2. The van der Waals surface area contributed by atoms with E-state index in [4.69, 9.17) is 13.9 Å². The third-order valence-corrected chi connectivity index (χ3v) is 14.8. The molecule has 40 heavy (non-hydrogen) atoms. The second-order valence-corrected chi connectivity index (χ2v) is 18.9. The summed E-state index contributed by atoms with van der Waals surface area (Å²) >= 11 is 0. The smallest absolute Gasteiger partial charge is 0.325 e. The Balaban J connectivity index is 1.92. The Morgan fingerprint density at radius 3 is 2.20 bits per heavy atom. The predicted molar refractivity (Wildman–Crippen MR) is 161 cm³/mol. The van der Waals surface area contributed by atoms with Gasteiger partial charge in [0.15, 0.2) is 8.32 Å². The Bertz CT molecular complexity index is 1170. The van der Waals surface area contributed by atoms with E-state index in [1.54, 1.807) is 31.4 Å². The second kappa shape index (κ2) is 14.1. The van der Waals surface area contributed by atoms with Crippen LogP contribution >= 0.6 is 0 Å². The van der Waals surface area contributed by atoms with Crippen LogP contribution in [0.5, 0.6) is 5.75 Å². The summed E-state index contributed by atoms with van der Waals surface area (Å²) in [5.74, 6) is -0.0242. The largest absolute Gasteiger partial charge is 0.497 e. The van der Waals surface area contributed by atoms with Crippen LogP contribution in [0.1, 0.15) is 64.9 Å². The molecule has 1 saturated carbocycles. The summed E-state index contributed by atoms with van der Waals surface area (Å²) < 4.78 is 47.2. The lowest BCUT2D eigenvalue weighted by molar-refractivity contribution is -0.152. The average molecular weight is 590 g/mol. The molecule has 0 saturated heterocycles. The van der Waals surface area contributed by atoms with Gasteiger partial charge in [-0.1, -0.05) is 70.4 Å². The average Bonchev–Trinajstić information content (AvgIpc) is 2.93. The van der Waals surface area contributed by atoms with E-state index < -0.39 is 30.4 Å². The third-order valence-electron chi connectivity index (χ3n) is 8.33. The van der Waals surface area contributed by atoms with Gasteiger partial charge in [0.25, 0.3) is 0 Å². The van der Waals surface area contributed by atoms with Crippen LogP contribution in [0.4, 0.5) is 0 Å². The van der Waals surface area contributed by atoms with Gasteiger partial charge in [-0.15, -0.1) is 0 Å². The van der Waals surface area contributed by atoms with E-state index in [0.29, 0.717) is 18.8 Å². The van der Waals surface area contributed by atoms with Crippen molar-refractivity contribution in [3.05, 3.63) is 60.2 Å². The van der Waals surface area contributed by atoms with E-state index in [9.17, 15) is 13.2 Å². The SMILES string of the molecule is COc1ccc(S(=O)(=O)N(CCCO[Si](C)(C)C(C)(C)C)C(C(=O)OCc2ccccc2)C2CCCCC2)cc1. The zero-order valence-electron chi connectivity index (χ0n) is 25.0. The predicted octanol–water partition coefficient (Wildman–Crippen LogP) is 6.79. The molecule has 2 aromatic rings. The van der Waals surface area contributed by atoms with Crippen molar-refractivity contribution >= 4 is 24.3 Å². The highest BCUT2D eigenvalue weighted by Gasteiger charge is 2.42. The first-order chi connectivity index (χ1) is 18.9. The van der Waals surface area contributed by atoms with Gasteiger partial charge in [-0.3, -0.25) is 4.79 Å². The minimum Gasteiger partial charge on any atom is -0.497 e. The summed E-state index contributed by atoms with van der Waals surface area (Å²) in [4.78, 5) is 13.9. The Morgan fingerprint density at radius 2 is 1.62 bits per heavy atom. The highest BCUT2D eigenvalue weighted by molar-refractivity contribution is 7.89. The molecule has 0 aliphatic heterocycles. The maximum absolute atomic E-state index is 14.2. The topological polar surface area (TPSA) is 82.1 Å². The molecule has 9 heteroatoms. The molecule has 1 aliphatic rings. The molecule has 0 heterocycles. The molecule has 0 N–H and O–H groups in total. The van der Waals surface area contributed by atoms with Crippen molar-refractivity contribution in [1.82, 2.24) is 4.31 Å². The number of methoxy groups -OCH3 is 1. The van der Waals surface area contributed by atoms with E-state index in [2.05, 4.69) is 33.9 Å². The fourth-order valence-electron chi connectivity index (χ4n) is 4.87. The molecule has 7 nitrogen and oxygen atoms in total. The first-order valence-electron chi connectivity index (χ1n) is 14.4. The fourth-order valence-corrected chi connectivity index (χ4v) is 7.63. The van der Waals surface area contributed by atoms with Crippen molar-refractivity contribution in [3.63, 3.8) is 0 Å². The first kappa shape index (κ1) is 32.3. The van der Waals surface area contributed by atoms with Crippen LogP contribution in [0, 0.1) is 5.92 Å². The molecule has 2 aromatic carbocycles. The third kappa shape index (κ3) is 8.41. The lowest BCUT2D eigenvalue weighted by Crippen LogP contribution is -2.51. The van der Waals surface area contributed by atoms with Crippen molar-refractivity contribution < 1.29 is 27.1 Å². The summed E-state index contributed by atoms with van der Waals surface area (Å²) in [6.45, 7) is 11.6. The summed E-state index contributed by atoms with van der Waals surface area (Å²) in [5.41, 5.74) is 0.866. The quantitative estimate of drug-likeness (QED) is 0.145. The van der Waals surface area contributed by atoms with Crippen LogP contribution in [-0.4, -0.2) is 53.3 Å². The van der Waals surface area contributed by atoms with Gasteiger partial charge in [-0.25, -0.2) is 8.42 Å². The van der Waals surface area contributed by atoms with Crippen LogP contribution in [-0.2, 0) is 30.6 Å². The Hall–Kier alpha value is -2.20. The van der Waals surface area contributed by atoms with Crippen molar-refractivity contribution in [2.75, 3.05) is 20.3 Å². The minimum atomic E-state index is -4.01. The van der Waals surface area contributed by atoms with E-state index in [1.165, 1.54) is 4.31 Å². The van der Waals surface area contributed by atoms with Crippen LogP contribution in [0.15, 0.2) is 59.5 Å². The van der Waals surface area contributed by atoms with Gasteiger partial charge in [0.1, 0.15) is 18.4 Å². The van der Waals surface area contributed by atoms with E-state index in [0.717, 1.165) is 37.7 Å². The molecule has 0 spiro atoms. The first-order valence-corrected chi connectivity index (χ1v) is 18.7. The number of hydrogen-bond acceptors (Lipinski definition) is 6. The molecule has 0 radical (unpaired) electrons. The van der Waals surface area contributed by atoms with Gasteiger partial charge in [-0.05, 0) is 73.1 Å². The minimum absolute atomic E-state index is 0.0493. The van der Waals surface area contributed by atoms with E-state index in [1.807, 2.05) is 30.3 Å². The lowest BCUT2D eigenvalue weighted by Gasteiger charge is -2.38. The van der Waals surface area contributed by atoms with Crippen LogP contribution in [0.2, 0.25) is 18.1 Å². The summed E-state index contributed by atoms with van der Waals surface area (Å²) in [6, 6.07) is 14.9. The number of benzene rings is 2. The van der Waals surface area contributed by atoms with Crippen molar-refractivity contribution in [1.29, 1.82) is 0 Å². The zero-order valence-corrected chi connectivity index (χ0v) is 26.8. The molecular weight excluding hydrogens is 542 g/mol. The zero-order chi connectivity index (χ0) is 29.4. The Kier molecular flexibility index (Phi) is 11.4. The van der Waals surface area contributed by atoms with Crippen molar-refractivity contribution in [2.24, 2.45) is 5.92 Å². The molecule has 3 rings (SSSR count). The standard InChI is InChI=1S/C31H47NO6SSi/c1-31(2,3)40(5,6)38-23-13-22-32(39(34,35)28-20-18-27(36-4)19-21-28)29(26-16-11-8-12-17-26)30(33)37-24-25-14-9-7-10-15-25/h7,9-10,14-15,18-21,26,29H,8,11-13,16-17,22-24H2,1-6H3. The van der Waals surface area contributed by atoms with Crippen molar-refractivity contribution in [2.45, 2.75) is 95.0 Å². The van der Waals surface area contributed by atoms with E-state index >= 15 is 0 Å². The molecule has 0 amide bonds. The van der Waals surface area contributed by atoms with Gasteiger partial charge in [0.05, 0.1) is 12.0 Å². The molecule has 1 fully saturated rings. The van der Waals surface area contributed by atoms with Gasteiger partial charge in [0, 0.05) is 13.2 Å². The number of carbonyl (C=O) groups is 1. The molecule has 1 aliphatic carbocycles. The molecule has 0 aromatic heterocycles. The van der Waals surface area contributed by atoms with Gasteiger partial charge >= 0.3 is 5.97 Å². The van der Waals surface area contributed by atoms with Crippen molar-refractivity contribution in [3.8, 4) is 5.75 Å². The van der Waals surface area contributed by atoms with Crippen LogP contribution in [0.3, 0.4) is 0 Å². The molecular formula is C31H47NO6SSi. The maximum Gasteiger partial charge on any atom is 0.325 e. The number of hydrogen-bond donors (Lipinski definition) is 0. The van der Waals surface area contributed by atoms with Gasteiger partial charge < -0.3 is 13.9 Å².